The van der Waals surface area contributed by atoms with Gasteiger partial charge in [-0.1, -0.05) is 0 Å². The Labute approximate surface area is 144 Å². The summed E-state index contributed by atoms with van der Waals surface area (Å²) in [5, 5.41) is 14.8. The van der Waals surface area contributed by atoms with Gasteiger partial charge >= 0.3 is 5.69 Å². The number of nitro benzene ring substituents is 1. The minimum absolute atomic E-state index is 0.00737. The summed E-state index contributed by atoms with van der Waals surface area (Å²) in [6.45, 7) is 6.21. The molecule has 2 heterocycles. The lowest BCUT2D eigenvalue weighted by Crippen LogP contribution is -2.44. The first-order chi connectivity index (χ1) is 10.5. The third-order valence-electron chi connectivity index (χ3n) is 3.79. The van der Waals surface area contributed by atoms with E-state index >= 15 is 0 Å². The monoisotopic (exact) mass is 431 g/mol. The summed E-state index contributed by atoms with van der Waals surface area (Å²) in [5.74, 6) is 0.798. The van der Waals surface area contributed by atoms with Crippen molar-refractivity contribution in [2.24, 2.45) is 0 Å². The van der Waals surface area contributed by atoms with Gasteiger partial charge in [0.05, 0.1) is 10.4 Å². The lowest BCUT2D eigenvalue weighted by molar-refractivity contribution is -0.384. The van der Waals surface area contributed by atoms with Crippen molar-refractivity contribution in [2.45, 2.75) is 13.5 Å². The Morgan fingerprint density at radius 2 is 2.09 bits per heavy atom. The molecule has 2 aromatic rings. The molecule has 1 saturated heterocycles. The number of halogens is 2. The summed E-state index contributed by atoms with van der Waals surface area (Å²) in [6.07, 6.45) is 0. The Bertz CT molecular complexity index is 740. The van der Waals surface area contributed by atoms with Crippen molar-refractivity contribution >= 4 is 54.5 Å². The van der Waals surface area contributed by atoms with Crippen LogP contribution in [0.2, 0.25) is 0 Å². The summed E-state index contributed by atoms with van der Waals surface area (Å²) < 4.78 is 3.12. The van der Waals surface area contributed by atoms with Crippen LogP contribution in [0.1, 0.15) is 6.92 Å². The molecule has 1 aliphatic heterocycles. The van der Waals surface area contributed by atoms with Crippen LogP contribution in [0.4, 0.5) is 11.6 Å². The highest BCUT2D eigenvalue weighted by molar-refractivity contribution is 9.13. The molecule has 0 unspecified atom stereocenters. The fourth-order valence-electron chi connectivity index (χ4n) is 2.76. The SMILES string of the molecule is CCn1c(N2CCNCC2)nc2c([N+](=O)[O-])c(Br)c(Br)cc21. The molecule has 0 spiro atoms. The smallest absolute Gasteiger partial charge is 0.312 e. The molecule has 1 aliphatic rings. The van der Waals surface area contributed by atoms with E-state index in [9.17, 15) is 10.1 Å². The lowest BCUT2D eigenvalue weighted by atomic mass is 10.2. The number of aromatic nitrogens is 2. The van der Waals surface area contributed by atoms with E-state index in [4.69, 9.17) is 0 Å². The Balaban J connectivity index is 2.26. The van der Waals surface area contributed by atoms with Crippen LogP contribution >= 0.6 is 31.9 Å². The van der Waals surface area contributed by atoms with Crippen LogP contribution < -0.4 is 10.2 Å². The summed E-state index contributed by atoms with van der Waals surface area (Å²) in [4.78, 5) is 17.8. The first-order valence-electron chi connectivity index (χ1n) is 7.03. The van der Waals surface area contributed by atoms with Gasteiger partial charge in [-0.2, -0.15) is 0 Å². The molecule has 22 heavy (non-hydrogen) atoms. The molecule has 1 fully saturated rings. The summed E-state index contributed by atoms with van der Waals surface area (Å²) in [7, 11) is 0. The zero-order valence-corrected chi connectivity index (χ0v) is 15.1. The number of fused-ring (bicyclic) bond motifs is 1. The van der Waals surface area contributed by atoms with E-state index in [0.717, 1.165) is 37.6 Å². The van der Waals surface area contributed by atoms with Crippen LogP contribution in [-0.4, -0.2) is 40.7 Å². The molecule has 1 N–H and O–H groups in total. The maximum Gasteiger partial charge on any atom is 0.312 e. The number of hydrogen-bond donors (Lipinski definition) is 1. The molecule has 9 heteroatoms. The fourth-order valence-corrected chi connectivity index (χ4v) is 3.61. The number of hydrogen-bond acceptors (Lipinski definition) is 5. The average molecular weight is 433 g/mol. The van der Waals surface area contributed by atoms with Gasteiger partial charge in [0.15, 0.2) is 5.52 Å². The first kappa shape index (κ1) is 15.7. The summed E-state index contributed by atoms with van der Waals surface area (Å²) in [6, 6.07) is 1.88. The number of piperazine rings is 1. The quantitative estimate of drug-likeness (QED) is 0.596. The maximum atomic E-state index is 11.5. The number of anilines is 1. The van der Waals surface area contributed by atoms with Crippen LogP contribution in [0.25, 0.3) is 11.0 Å². The van der Waals surface area contributed by atoms with Crippen LogP contribution in [0, 0.1) is 10.1 Å². The highest BCUT2D eigenvalue weighted by Gasteiger charge is 2.27. The van der Waals surface area contributed by atoms with E-state index in [1.54, 1.807) is 0 Å². The van der Waals surface area contributed by atoms with Crippen molar-refractivity contribution in [3.05, 3.63) is 25.1 Å². The highest BCUT2D eigenvalue weighted by atomic mass is 79.9. The number of benzene rings is 1. The molecule has 0 bridgehead atoms. The van der Waals surface area contributed by atoms with Crippen molar-refractivity contribution in [3.63, 3.8) is 0 Å². The normalized spacial score (nSPS) is 15.5. The Morgan fingerprint density at radius 3 is 2.68 bits per heavy atom. The number of aryl methyl sites for hydroxylation is 1. The van der Waals surface area contributed by atoms with Crippen molar-refractivity contribution in [2.75, 3.05) is 31.1 Å². The first-order valence-corrected chi connectivity index (χ1v) is 8.61. The second-order valence-corrected chi connectivity index (χ2v) is 6.69. The van der Waals surface area contributed by atoms with Crippen LogP contribution in [0.3, 0.4) is 0 Å². The number of rotatable bonds is 3. The summed E-state index contributed by atoms with van der Waals surface area (Å²) in [5.41, 5.74) is 1.21. The van der Waals surface area contributed by atoms with E-state index in [0.29, 0.717) is 21.0 Å². The van der Waals surface area contributed by atoms with Crippen molar-refractivity contribution in [1.82, 2.24) is 14.9 Å². The molecular formula is C13H15Br2N5O2. The molecular weight excluding hydrogens is 418 g/mol. The largest absolute Gasteiger partial charge is 0.340 e. The number of nitro groups is 1. The van der Waals surface area contributed by atoms with E-state index in [2.05, 4.69) is 47.1 Å². The van der Waals surface area contributed by atoms with Crippen LogP contribution in [-0.2, 0) is 6.54 Å². The number of imidazole rings is 1. The standard InChI is InChI=1S/C13H15Br2N5O2/c1-2-19-9-7-8(14)10(15)12(20(21)22)11(9)17-13(19)18-5-3-16-4-6-18/h7,16H,2-6H2,1H3. The van der Waals surface area contributed by atoms with Gasteiger partial charge in [-0.05, 0) is 44.8 Å². The van der Waals surface area contributed by atoms with Gasteiger partial charge in [-0.15, -0.1) is 0 Å². The predicted octanol–water partition coefficient (Wildman–Crippen LogP) is 2.90. The van der Waals surface area contributed by atoms with Crippen molar-refractivity contribution < 1.29 is 4.92 Å². The molecule has 0 atom stereocenters. The number of nitrogens with one attached hydrogen (secondary N) is 1. The second kappa shape index (κ2) is 6.13. The van der Waals surface area contributed by atoms with Gasteiger partial charge in [0.1, 0.15) is 4.47 Å². The van der Waals surface area contributed by atoms with Crippen molar-refractivity contribution in [3.8, 4) is 0 Å². The van der Waals surface area contributed by atoms with Gasteiger partial charge < -0.3 is 14.8 Å². The highest BCUT2D eigenvalue weighted by Crippen LogP contribution is 2.40. The molecule has 7 nitrogen and oxygen atoms in total. The predicted molar refractivity (Wildman–Crippen MR) is 92.5 cm³/mol. The zero-order chi connectivity index (χ0) is 15.9. The second-order valence-electron chi connectivity index (χ2n) is 5.04. The molecule has 0 radical (unpaired) electrons. The minimum Gasteiger partial charge on any atom is -0.340 e. The molecule has 3 rings (SSSR count). The maximum absolute atomic E-state index is 11.5. The molecule has 1 aromatic heterocycles. The zero-order valence-electron chi connectivity index (χ0n) is 12.0. The van der Waals surface area contributed by atoms with E-state index in [-0.39, 0.29) is 10.6 Å². The Morgan fingerprint density at radius 1 is 1.41 bits per heavy atom. The summed E-state index contributed by atoms with van der Waals surface area (Å²) >= 11 is 6.68. The molecule has 0 saturated carbocycles. The Hall–Kier alpha value is -1.19. The molecule has 0 aliphatic carbocycles. The molecule has 1 aromatic carbocycles. The minimum atomic E-state index is -0.383. The number of nitrogens with zero attached hydrogens (tertiary/aromatic N) is 4. The van der Waals surface area contributed by atoms with Crippen LogP contribution in [0.5, 0.6) is 0 Å². The third kappa shape index (κ3) is 2.50. The van der Waals surface area contributed by atoms with Gasteiger partial charge in [0, 0.05) is 37.2 Å². The van der Waals surface area contributed by atoms with Gasteiger partial charge in [-0.3, -0.25) is 10.1 Å². The van der Waals surface area contributed by atoms with Crippen LogP contribution in [0.15, 0.2) is 15.0 Å². The fraction of sp³-hybridized carbons (Fsp3) is 0.462. The van der Waals surface area contributed by atoms with Gasteiger partial charge in [0.25, 0.3) is 0 Å². The topological polar surface area (TPSA) is 76.2 Å². The van der Waals surface area contributed by atoms with E-state index in [1.165, 1.54) is 0 Å². The lowest BCUT2D eigenvalue weighted by Gasteiger charge is -2.28. The van der Waals surface area contributed by atoms with Gasteiger partial charge in [-0.25, -0.2) is 4.98 Å². The average Bonchev–Trinajstić information content (AvgIpc) is 2.86. The Kier molecular flexibility index (Phi) is 4.37. The van der Waals surface area contributed by atoms with Crippen molar-refractivity contribution in [1.29, 1.82) is 0 Å². The van der Waals surface area contributed by atoms with E-state index in [1.807, 2.05) is 17.6 Å². The third-order valence-corrected chi connectivity index (χ3v) is 5.75. The van der Waals surface area contributed by atoms with Gasteiger partial charge in [0.2, 0.25) is 5.95 Å². The molecule has 118 valence electrons. The van der Waals surface area contributed by atoms with E-state index < -0.39 is 0 Å². The molecule has 0 amide bonds.